The third-order valence-corrected chi connectivity index (χ3v) is 4.53. The number of rotatable bonds is 4. The van der Waals surface area contributed by atoms with Crippen LogP contribution in [-0.4, -0.2) is 45.2 Å². The lowest BCUT2D eigenvalue weighted by molar-refractivity contribution is -0.152. The molecule has 0 bridgehead atoms. The number of H-pyrrole nitrogens is 1. The summed E-state index contributed by atoms with van der Waals surface area (Å²) < 4.78 is 0. The molecule has 0 radical (unpaired) electrons. The molecule has 6 heteroatoms. The van der Waals surface area contributed by atoms with Crippen molar-refractivity contribution in [1.29, 1.82) is 0 Å². The molecule has 0 atom stereocenters. The van der Waals surface area contributed by atoms with Gasteiger partial charge in [0.25, 0.3) is 5.91 Å². The van der Waals surface area contributed by atoms with Crippen LogP contribution in [0, 0.1) is 19.3 Å². The molecular formula is C15H23N3O3. The number of carbonyl (C=O) groups excluding carboxylic acids is 1. The summed E-state index contributed by atoms with van der Waals surface area (Å²) in [5.74, 6) is -0.777. The quantitative estimate of drug-likeness (QED) is 0.890. The van der Waals surface area contributed by atoms with E-state index in [4.69, 9.17) is 0 Å². The van der Waals surface area contributed by atoms with E-state index < -0.39 is 11.4 Å². The average molecular weight is 293 g/mol. The first kappa shape index (κ1) is 15.5. The van der Waals surface area contributed by atoms with Gasteiger partial charge in [0, 0.05) is 18.8 Å². The molecule has 1 amide bonds. The molecule has 0 unspecified atom stereocenters. The molecular weight excluding hydrogens is 270 g/mol. The molecule has 116 valence electrons. The number of nitrogens with zero attached hydrogens (tertiary/aromatic N) is 2. The summed E-state index contributed by atoms with van der Waals surface area (Å²) in [4.78, 5) is 25.9. The highest BCUT2D eigenvalue weighted by atomic mass is 16.4. The van der Waals surface area contributed by atoms with Crippen LogP contribution in [-0.2, 0) is 4.79 Å². The summed E-state index contributed by atoms with van der Waals surface area (Å²) in [6.07, 6.45) is 2.57. The zero-order valence-corrected chi connectivity index (χ0v) is 12.9. The maximum Gasteiger partial charge on any atom is 0.309 e. The molecule has 2 heterocycles. The van der Waals surface area contributed by atoms with Crippen molar-refractivity contribution >= 4 is 11.9 Å². The second kappa shape index (κ2) is 5.87. The van der Waals surface area contributed by atoms with Crippen molar-refractivity contribution in [3.05, 3.63) is 17.0 Å². The second-order valence-electron chi connectivity index (χ2n) is 5.94. The van der Waals surface area contributed by atoms with Crippen molar-refractivity contribution in [2.75, 3.05) is 13.1 Å². The molecule has 0 saturated carbocycles. The largest absolute Gasteiger partial charge is 0.481 e. The summed E-state index contributed by atoms with van der Waals surface area (Å²) in [5.41, 5.74) is 1.42. The number of aromatic amines is 1. The van der Waals surface area contributed by atoms with Crippen LogP contribution < -0.4 is 0 Å². The minimum atomic E-state index is -0.730. The molecule has 2 rings (SSSR count). The van der Waals surface area contributed by atoms with Gasteiger partial charge in [-0.3, -0.25) is 14.7 Å². The molecule has 0 spiro atoms. The summed E-state index contributed by atoms with van der Waals surface area (Å²) >= 11 is 0. The van der Waals surface area contributed by atoms with Crippen LogP contribution in [0.2, 0.25) is 0 Å². The molecule has 1 aromatic heterocycles. The van der Waals surface area contributed by atoms with Crippen molar-refractivity contribution in [3.8, 4) is 0 Å². The average Bonchev–Trinajstić information content (AvgIpc) is 2.78. The van der Waals surface area contributed by atoms with Crippen LogP contribution in [0.4, 0.5) is 0 Å². The van der Waals surface area contributed by atoms with Gasteiger partial charge in [-0.25, -0.2) is 0 Å². The molecule has 1 aliphatic heterocycles. The first-order valence-electron chi connectivity index (χ1n) is 7.45. The van der Waals surface area contributed by atoms with Gasteiger partial charge in [0.15, 0.2) is 0 Å². The molecule has 1 aliphatic rings. The Hall–Kier alpha value is -1.85. The molecule has 6 nitrogen and oxygen atoms in total. The Morgan fingerprint density at radius 1 is 1.33 bits per heavy atom. The third-order valence-electron chi connectivity index (χ3n) is 4.53. The lowest BCUT2D eigenvalue weighted by Gasteiger charge is -2.38. The van der Waals surface area contributed by atoms with Crippen LogP contribution in [0.3, 0.4) is 0 Å². The third kappa shape index (κ3) is 2.80. The number of carboxylic acid groups (broad SMARTS) is 1. The number of hydrogen-bond acceptors (Lipinski definition) is 3. The molecule has 0 aromatic carbocycles. The lowest BCUT2D eigenvalue weighted by Crippen LogP contribution is -2.46. The van der Waals surface area contributed by atoms with Crippen molar-refractivity contribution in [2.45, 2.75) is 46.5 Å². The van der Waals surface area contributed by atoms with Crippen LogP contribution in [0.5, 0.6) is 0 Å². The highest BCUT2D eigenvalue weighted by Gasteiger charge is 2.41. The molecule has 2 N–H and O–H groups in total. The number of piperidine rings is 1. The maximum atomic E-state index is 12.6. The number of carbonyl (C=O) groups is 2. The maximum absolute atomic E-state index is 12.6. The zero-order valence-electron chi connectivity index (χ0n) is 12.9. The number of carboxylic acids is 1. The van der Waals surface area contributed by atoms with E-state index in [9.17, 15) is 14.7 Å². The van der Waals surface area contributed by atoms with Gasteiger partial charge in [-0.15, -0.1) is 0 Å². The Kier molecular flexibility index (Phi) is 4.34. The number of aliphatic carboxylic acids is 1. The summed E-state index contributed by atoms with van der Waals surface area (Å²) in [6, 6.07) is 0. The summed E-state index contributed by atoms with van der Waals surface area (Å²) in [6.45, 7) is 6.62. The predicted molar refractivity (Wildman–Crippen MR) is 78.2 cm³/mol. The standard InChI is InChI=1S/C15H23N3O3/c1-4-5-15(14(20)21)6-8-18(9-7-15)13(19)12-10(2)16-17-11(12)3/h4-9H2,1-3H3,(H,16,17)(H,20,21). The fraction of sp³-hybridized carbons (Fsp3) is 0.667. The second-order valence-corrected chi connectivity index (χ2v) is 5.94. The predicted octanol–water partition coefficient (Wildman–Crippen LogP) is 2.13. The fourth-order valence-corrected chi connectivity index (χ4v) is 3.21. The number of amides is 1. The SMILES string of the molecule is CCCC1(C(=O)O)CCN(C(=O)c2c(C)n[nH]c2C)CC1. The van der Waals surface area contributed by atoms with Crippen LogP contribution in [0.1, 0.15) is 54.4 Å². The van der Waals surface area contributed by atoms with E-state index in [-0.39, 0.29) is 5.91 Å². The van der Waals surface area contributed by atoms with Crippen LogP contribution in [0.25, 0.3) is 0 Å². The Labute approximate surface area is 124 Å². The van der Waals surface area contributed by atoms with Crippen LogP contribution >= 0.6 is 0 Å². The van der Waals surface area contributed by atoms with Crippen molar-refractivity contribution in [3.63, 3.8) is 0 Å². The number of nitrogens with one attached hydrogen (secondary N) is 1. The van der Waals surface area contributed by atoms with Gasteiger partial charge in [0.05, 0.1) is 16.7 Å². The van der Waals surface area contributed by atoms with Crippen molar-refractivity contribution in [2.24, 2.45) is 5.41 Å². The van der Waals surface area contributed by atoms with E-state index in [0.29, 0.717) is 43.6 Å². The minimum Gasteiger partial charge on any atom is -0.481 e. The molecule has 1 fully saturated rings. The van der Waals surface area contributed by atoms with E-state index in [1.54, 1.807) is 11.8 Å². The van der Waals surface area contributed by atoms with E-state index in [1.165, 1.54) is 0 Å². The molecule has 1 aromatic rings. The van der Waals surface area contributed by atoms with Crippen molar-refractivity contribution in [1.82, 2.24) is 15.1 Å². The van der Waals surface area contributed by atoms with Crippen LogP contribution in [0.15, 0.2) is 0 Å². The van der Waals surface area contributed by atoms with Gasteiger partial charge in [0.2, 0.25) is 0 Å². The highest BCUT2D eigenvalue weighted by molar-refractivity contribution is 5.96. The molecule has 0 aliphatic carbocycles. The fourth-order valence-electron chi connectivity index (χ4n) is 3.21. The number of aromatic nitrogens is 2. The first-order valence-corrected chi connectivity index (χ1v) is 7.45. The van der Waals surface area contributed by atoms with E-state index in [0.717, 1.165) is 12.1 Å². The van der Waals surface area contributed by atoms with Gasteiger partial charge in [-0.2, -0.15) is 5.10 Å². The Morgan fingerprint density at radius 3 is 2.38 bits per heavy atom. The number of likely N-dealkylation sites (tertiary alicyclic amines) is 1. The normalized spacial score (nSPS) is 17.8. The minimum absolute atomic E-state index is 0.0470. The highest BCUT2D eigenvalue weighted by Crippen LogP contribution is 2.37. The first-order chi connectivity index (χ1) is 9.91. The molecule has 21 heavy (non-hydrogen) atoms. The summed E-state index contributed by atoms with van der Waals surface area (Å²) in [7, 11) is 0. The van der Waals surface area contributed by atoms with E-state index in [1.807, 2.05) is 13.8 Å². The van der Waals surface area contributed by atoms with Gasteiger partial charge in [-0.1, -0.05) is 13.3 Å². The monoisotopic (exact) mass is 293 g/mol. The smallest absolute Gasteiger partial charge is 0.309 e. The lowest BCUT2D eigenvalue weighted by atomic mass is 9.75. The van der Waals surface area contributed by atoms with E-state index >= 15 is 0 Å². The molecule has 1 saturated heterocycles. The van der Waals surface area contributed by atoms with Gasteiger partial charge < -0.3 is 10.0 Å². The Balaban J connectivity index is 2.10. The number of hydrogen-bond donors (Lipinski definition) is 2. The van der Waals surface area contributed by atoms with Gasteiger partial charge in [-0.05, 0) is 33.1 Å². The number of aryl methyl sites for hydroxylation is 2. The van der Waals surface area contributed by atoms with Gasteiger partial charge in [0.1, 0.15) is 0 Å². The summed E-state index contributed by atoms with van der Waals surface area (Å²) in [5, 5.41) is 16.4. The van der Waals surface area contributed by atoms with E-state index in [2.05, 4.69) is 10.2 Å². The zero-order chi connectivity index (χ0) is 15.6. The van der Waals surface area contributed by atoms with Gasteiger partial charge >= 0.3 is 5.97 Å². The van der Waals surface area contributed by atoms with Crippen molar-refractivity contribution < 1.29 is 14.7 Å². The topological polar surface area (TPSA) is 86.3 Å². The Bertz CT molecular complexity index is 523. The Morgan fingerprint density at radius 2 is 1.95 bits per heavy atom.